The molecule has 0 atom stereocenters. The number of hydrogen-bond acceptors (Lipinski definition) is 2. The molecule has 0 saturated carbocycles. The van der Waals surface area contributed by atoms with E-state index in [9.17, 15) is 4.79 Å². The second-order valence-electron chi connectivity index (χ2n) is 3.86. The maximum absolute atomic E-state index is 12.0. The van der Waals surface area contributed by atoms with Crippen molar-refractivity contribution in [2.75, 3.05) is 12.5 Å². The van der Waals surface area contributed by atoms with E-state index in [4.69, 9.17) is 16.4 Å². The van der Waals surface area contributed by atoms with Crippen molar-refractivity contribution in [2.45, 2.75) is 13.3 Å². The predicted octanol–water partition coefficient (Wildman–Crippen LogP) is 2.37. The average Bonchev–Trinajstić information content (AvgIpc) is 2.34. The highest BCUT2D eigenvalue weighted by Crippen LogP contribution is 2.11. The maximum Gasteiger partial charge on any atom is 0.286 e. The molecule has 90 valence electrons. The molecule has 2 rings (SSSR count). The molecule has 1 aromatic carbocycles. The molecule has 0 unspecified atom stereocenters. The van der Waals surface area contributed by atoms with Crippen LogP contribution in [0, 0.1) is 6.92 Å². The Balaban J connectivity index is 2.50. The summed E-state index contributed by atoms with van der Waals surface area (Å²) < 4.78 is 1.36. The lowest BCUT2D eigenvalue weighted by molar-refractivity contribution is 0.112. The van der Waals surface area contributed by atoms with Crippen molar-refractivity contribution < 1.29 is 4.84 Å². The fourth-order valence-corrected chi connectivity index (χ4v) is 1.81. The van der Waals surface area contributed by atoms with Gasteiger partial charge in [-0.25, -0.2) is 0 Å². The third-order valence-corrected chi connectivity index (χ3v) is 2.81. The third kappa shape index (κ3) is 2.44. The summed E-state index contributed by atoms with van der Waals surface area (Å²) >= 11 is 5.59. The summed E-state index contributed by atoms with van der Waals surface area (Å²) in [6, 6.07) is 9.53. The lowest BCUT2D eigenvalue weighted by Crippen LogP contribution is -2.29. The normalized spacial score (nSPS) is 10.7. The molecule has 1 aromatic heterocycles. The van der Waals surface area contributed by atoms with Gasteiger partial charge in [-0.05, 0) is 25.5 Å². The third-order valence-electron chi connectivity index (χ3n) is 2.55. The van der Waals surface area contributed by atoms with Crippen molar-refractivity contribution >= 4 is 22.5 Å². The lowest BCUT2D eigenvalue weighted by Gasteiger charge is -2.12. The van der Waals surface area contributed by atoms with Crippen LogP contribution < -0.4 is 10.4 Å². The number of hydrogen-bond donors (Lipinski definition) is 0. The zero-order valence-electron chi connectivity index (χ0n) is 9.65. The van der Waals surface area contributed by atoms with E-state index in [0.717, 1.165) is 17.3 Å². The maximum atomic E-state index is 12.0. The van der Waals surface area contributed by atoms with Crippen LogP contribution in [-0.4, -0.2) is 17.2 Å². The van der Waals surface area contributed by atoms with E-state index in [0.29, 0.717) is 18.1 Å². The van der Waals surface area contributed by atoms with Crippen molar-refractivity contribution in [2.24, 2.45) is 0 Å². The number of aryl methyl sites for hydroxylation is 1. The van der Waals surface area contributed by atoms with E-state index in [1.54, 1.807) is 6.92 Å². The molecule has 4 heteroatoms. The minimum Gasteiger partial charge on any atom is -0.410 e. The molecular weight excluding hydrogens is 238 g/mol. The van der Waals surface area contributed by atoms with Crippen LogP contribution in [0.2, 0.25) is 0 Å². The van der Waals surface area contributed by atoms with Crippen LogP contribution in [-0.2, 0) is 0 Å². The van der Waals surface area contributed by atoms with Gasteiger partial charge in [0.15, 0.2) is 0 Å². The molecule has 0 fully saturated rings. The first-order chi connectivity index (χ1) is 8.24. The van der Waals surface area contributed by atoms with Crippen LogP contribution in [0.3, 0.4) is 0 Å². The number of benzene rings is 1. The average molecular weight is 252 g/mol. The monoisotopic (exact) mass is 251 g/mol. The summed E-state index contributed by atoms with van der Waals surface area (Å²) in [5.41, 5.74) is 1.35. The van der Waals surface area contributed by atoms with Gasteiger partial charge in [-0.15, -0.1) is 16.3 Å². The van der Waals surface area contributed by atoms with E-state index in [1.807, 2.05) is 30.3 Å². The minimum atomic E-state index is -0.113. The van der Waals surface area contributed by atoms with Gasteiger partial charge in [0.1, 0.15) is 6.61 Å². The van der Waals surface area contributed by atoms with Crippen molar-refractivity contribution in [1.82, 2.24) is 4.73 Å². The molecule has 1 heterocycles. The molecule has 3 nitrogen and oxygen atoms in total. The topological polar surface area (TPSA) is 31.2 Å². The lowest BCUT2D eigenvalue weighted by atomic mass is 10.2. The Kier molecular flexibility index (Phi) is 3.69. The smallest absolute Gasteiger partial charge is 0.286 e. The first-order valence-electron chi connectivity index (χ1n) is 5.54. The Bertz CT molecular complexity index is 577. The van der Waals surface area contributed by atoms with Crippen LogP contribution in [0.15, 0.2) is 35.1 Å². The van der Waals surface area contributed by atoms with E-state index >= 15 is 0 Å². The SMILES string of the molecule is Cc1cc2ccccc2n(OCCCCl)c1=O. The molecule has 0 aliphatic rings. The standard InChI is InChI=1S/C13H14ClNO2/c1-10-9-11-5-2-3-6-12(11)15(13(10)16)17-8-4-7-14/h2-3,5-6,9H,4,7-8H2,1H3. The van der Waals surface area contributed by atoms with Crippen molar-refractivity contribution in [3.05, 3.63) is 46.2 Å². The Morgan fingerprint density at radius 1 is 1.35 bits per heavy atom. The molecule has 0 aliphatic heterocycles. The highest BCUT2D eigenvalue weighted by molar-refractivity contribution is 6.17. The van der Waals surface area contributed by atoms with Gasteiger partial charge in [0.05, 0.1) is 5.52 Å². The van der Waals surface area contributed by atoms with Crippen LogP contribution in [0.5, 0.6) is 0 Å². The predicted molar refractivity (Wildman–Crippen MR) is 69.7 cm³/mol. The summed E-state index contributed by atoms with van der Waals surface area (Å²) in [6.45, 7) is 2.23. The molecule has 0 amide bonds. The van der Waals surface area contributed by atoms with E-state index in [2.05, 4.69) is 0 Å². The quantitative estimate of drug-likeness (QED) is 0.617. The molecule has 0 aliphatic carbocycles. The fourth-order valence-electron chi connectivity index (χ4n) is 1.70. The number of rotatable bonds is 4. The van der Waals surface area contributed by atoms with E-state index < -0.39 is 0 Å². The zero-order chi connectivity index (χ0) is 12.3. The minimum absolute atomic E-state index is 0.113. The Morgan fingerprint density at radius 2 is 2.12 bits per heavy atom. The zero-order valence-corrected chi connectivity index (χ0v) is 10.4. The van der Waals surface area contributed by atoms with Gasteiger partial charge in [-0.2, -0.15) is 0 Å². The number of halogens is 1. The first kappa shape index (κ1) is 12.0. The summed E-state index contributed by atoms with van der Waals surface area (Å²) in [5, 5.41) is 0.996. The van der Waals surface area contributed by atoms with Gasteiger partial charge in [-0.1, -0.05) is 18.2 Å². The van der Waals surface area contributed by atoms with Crippen molar-refractivity contribution in [3.8, 4) is 0 Å². The molecule has 2 aromatic rings. The summed E-state index contributed by atoms with van der Waals surface area (Å²) in [6.07, 6.45) is 0.719. The summed E-state index contributed by atoms with van der Waals surface area (Å²) in [5.74, 6) is 0.526. The molecule has 0 bridgehead atoms. The number of fused-ring (bicyclic) bond motifs is 1. The Hall–Kier alpha value is -1.48. The van der Waals surface area contributed by atoms with Crippen LogP contribution >= 0.6 is 11.6 Å². The number of nitrogens with zero attached hydrogens (tertiary/aromatic N) is 1. The van der Waals surface area contributed by atoms with Crippen molar-refractivity contribution in [3.63, 3.8) is 0 Å². The highest BCUT2D eigenvalue weighted by Gasteiger charge is 2.06. The van der Waals surface area contributed by atoms with Gasteiger partial charge in [0.25, 0.3) is 5.56 Å². The molecular formula is C13H14ClNO2. The number of aromatic nitrogens is 1. The van der Waals surface area contributed by atoms with Crippen molar-refractivity contribution in [1.29, 1.82) is 0 Å². The van der Waals surface area contributed by atoms with Crippen LogP contribution in [0.25, 0.3) is 10.9 Å². The van der Waals surface area contributed by atoms with Gasteiger partial charge in [-0.3, -0.25) is 4.79 Å². The van der Waals surface area contributed by atoms with E-state index in [1.165, 1.54) is 4.73 Å². The Labute approximate surface area is 105 Å². The largest absolute Gasteiger partial charge is 0.410 e. The first-order valence-corrected chi connectivity index (χ1v) is 6.08. The molecule has 0 saturated heterocycles. The Morgan fingerprint density at radius 3 is 2.88 bits per heavy atom. The van der Waals surface area contributed by atoms with Crippen LogP contribution in [0.1, 0.15) is 12.0 Å². The fraction of sp³-hybridized carbons (Fsp3) is 0.308. The van der Waals surface area contributed by atoms with Crippen LogP contribution in [0.4, 0.5) is 0 Å². The second kappa shape index (κ2) is 5.23. The van der Waals surface area contributed by atoms with Gasteiger partial charge in [0, 0.05) is 16.8 Å². The van der Waals surface area contributed by atoms with Gasteiger partial charge >= 0.3 is 0 Å². The molecule has 17 heavy (non-hydrogen) atoms. The van der Waals surface area contributed by atoms with E-state index in [-0.39, 0.29) is 5.56 Å². The number of para-hydroxylation sites is 1. The van der Waals surface area contributed by atoms with Gasteiger partial charge < -0.3 is 4.84 Å². The second-order valence-corrected chi connectivity index (χ2v) is 4.24. The molecule has 0 N–H and O–H groups in total. The molecule has 0 radical (unpaired) electrons. The molecule has 0 spiro atoms. The number of pyridine rings is 1. The highest BCUT2D eigenvalue weighted by atomic mass is 35.5. The van der Waals surface area contributed by atoms with Gasteiger partial charge in [0.2, 0.25) is 0 Å². The number of alkyl halides is 1. The summed E-state index contributed by atoms with van der Waals surface area (Å²) in [4.78, 5) is 17.5. The summed E-state index contributed by atoms with van der Waals surface area (Å²) in [7, 11) is 0.